The molecule has 1 aromatic carbocycles. The number of nitrogens with zero attached hydrogens (tertiary/aromatic N) is 4. The number of hydrogen-bond acceptors (Lipinski definition) is 4. The van der Waals surface area contributed by atoms with E-state index in [0.717, 1.165) is 38.3 Å². The van der Waals surface area contributed by atoms with Crippen molar-refractivity contribution in [2.45, 2.75) is 39.3 Å². The molecule has 1 aromatic heterocycles. The molecule has 3 saturated heterocycles. The lowest BCUT2D eigenvalue weighted by atomic mass is 9.94. The lowest BCUT2D eigenvalue weighted by molar-refractivity contribution is 0.0583. The van der Waals surface area contributed by atoms with Crippen molar-refractivity contribution < 1.29 is 4.79 Å². The van der Waals surface area contributed by atoms with E-state index in [0.29, 0.717) is 17.3 Å². The number of piperidine rings is 1. The molecule has 3 aliphatic rings. The van der Waals surface area contributed by atoms with Crippen LogP contribution in [0.5, 0.6) is 0 Å². The van der Waals surface area contributed by atoms with Gasteiger partial charge in [0.15, 0.2) is 0 Å². The second-order valence-corrected chi connectivity index (χ2v) is 7.65. The Morgan fingerprint density at radius 3 is 2.69 bits per heavy atom. The summed E-state index contributed by atoms with van der Waals surface area (Å²) in [7, 11) is 0. The molecule has 26 heavy (non-hydrogen) atoms. The summed E-state index contributed by atoms with van der Waals surface area (Å²) in [4.78, 5) is 26.4. The Morgan fingerprint density at radius 1 is 1.12 bits per heavy atom. The topological polar surface area (TPSA) is 49.3 Å². The molecule has 2 atom stereocenters. The van der Waals surface area contributed by atoms with Crippen LogP contribution in [0.4, 0.5) is 0 Å². The summed E-state index contributed by atoms with van der Waals surface area (Å²) >= 11 is 0. The Morgan fingerprint density at radius 2 is 1.92 bits per heavy atom. The van der Waals surface area contributed by atoms with E-state index in [1.807, 2.05) is 13.8 Å². The lowest BCUT2D eigenvalue weighted by Crippen LogP contribution is -2.47. The molecule has 0 radical (unpaired) electrons. The van der Waals surface area contributed by atoms with E-state index in [9.17, 15) is 4.79 Å². The highest BCUT2D eigenvalue weighted by molar-refractivity contribution is 5.95. The quantitative estimate of drug-likeness (QED) is 0.854. The summed E-state index contributed by atoms with van der Waals surface area (Å²) in [6.45, 7) is 7.59. The van der Waals surface area contributed by atoms with Gasteiger partial charge in [-0.05, 0) is 38.2 Å². The van der Waals surface area contributed by atoms with Gasteiger partial charge >= 0.3 is 0 Å². The Hall–Kier alpha value is -2.27. The molecular weight excluding hydrogens is 324 g/mol. The molecule has 5 rings (SSSR count). The summed E-state index contributed by atoms with van der Waals surface area (Å²) in [6, 6.07) is 10.9. The maximum atomic E-state index is 13.2. The summed E-state index contributed by atoms with van der Waals surface area (Å²) in [5, 5.41) is 0. The molecule has 1 amide bonds. The van der Waals surface area contributed by atoms with Gasteiger partial charge in [0.1, 0.15) is 5.82 Å². The van der Waals surface area contributed by atoms with Crippen molar-refractivity contribution in [2.24, 2.45) is 5.92 Å². The third-order valence-corrected chi connectivity index (χ3v) is 5.63. The molecule has 136 valence electrons. The van der Waals surface area contributed by atoms with Crippen LogP contribution in [-0.4, -0.2) is 51.4 Å². The predicted octanol–water partition coefficient (Wildman–Crippen LogP) is 2.83. The van der Waals surface area contributed by atoms with Crippen LogP contribution in [0.2, 0.25) is 0 Å². The van der Waals surface area contributed by atoms with E-state index in [1.54, 1.807) is 6.20 Å². The average molecular weight is 350 g/mol. The molecule has 5 nitrogen and oxygen atoms in total. The zero-order chi connectivity index (χ0) is 18.1. The van der Waals surface area contributed by atoms with E-state index in [4.69, 9.17) is 0 Å². The van der Waals surface area contributed by atoms with Crippen molar-refractivity contribution in [3.63, 3.8) is 0 Å². The molecule has 2 bridgehead atoms. The zero-order valence-electron chi connectivity index (χ0n) is 15.6. The Bertz CT molecular complexity index is 792. The molecule has 0 unspecified atom stereocenters. The van der Waals surface area contributed by atoms with Gasteiger partial charge in [-0.1, -0.05) is 30.3 Å². The summed E-state index contributed by atoms with van der Waals surface area (Å²) in [6.07, 6.45) is 4.00. The van der Waals surface area contributed by atoms with Crippen LogP contribution in [0.15, 0.2) is 36.5 Å². The molecule has 4 heterocycles. The van der Waals surface area contributed by atoms with Gasteiger partial charge in [0, 0.05) is 38.4 Å². The molecule has 3 fully saturated rings. The standard InChI is InChI=1S/C21H26N4O/c1-15-20(10-22-16(2)23-15)21(26)25-13-18-8-9-19(25)14-24(12-18)11-17-6-4-3-5-7-17/h3-7,10,18-19H,8-9,11-14H2,1-2H3/t18-,19+/m0/s1. The van der Waals surface area contributed by atoms with Crippen LogP contribution in [0.25, 0.3) is 0 Å². The molecule has 5 heteroatoms. The highest BCUT2D eigenvalue weighted by atomic mass is 16.2. The van der Waals surface area contributed by atoms with E-state index >= 15 is 0 Å². The van der Waals surface area contributed by atoms with Gasteiger partial charge in [0.2, 0.25) is 0 Å². The molecule has 2 aromatic rings. The molecular formula is C21H26N4O. The SMILES string of the molecule is Cc1ncc(C(=O)N2C[C@H]3CC[C@@H]2CN(Cc2ccccc2)C3)c(C)n1. The minimum absolute atomic E-state index is 0.0961. The fourth-order valence-electron chi connectivity index (χ4n) is 4.35. The van der Waals surface area contributed by atoms with Crippen LogP contribution < -0.4 is 0 Å². The largest absolute Gasteiger partial charge is 0.334 e. The fraction of sp³-hybridized carbons (Fsp3) is 0.476. The number of fused-ring (bicyclic) bond motifs is 4. The van der Waals surface area contributed by atoms with Crippen molar-refractivity contribution in [2.75, 3.05) is 19.6 Å². The van der Waals surface area contributed by atoms with Crippen molar-refractivity contribution in [1.82, 2.24) is 19.8 Å². The smallest absolute Gasteiger partial charge is 0.257 e. The molecule has 0 aliphatic carbocycles. The summed E-state index contributed by atoms with van der Waals surface area (Å²) in [5.74, 6) is 1.36. The van der Waals surface area contributed by atoms with Crippen LogP contribution in [0.1, 0.15) is 40.3 Å². The monoisotopic (exact) mass is 350 g/mol. The van der Waals surface area contributed by atoms with Crippen molar-refractivity contribution in [1.29, 1.82) is 0 Å². The maximum Gasteiger partial charge on any atom is 0.257 e. The first-order valence-corrected chi connectivity index (χ1v) is 9.47. The van der Waals surface area contributed by atoms with Crippen LogP contribution >= 0.6 is 0 Å². The predicted molar refractivity (Wildman–Crippen MR) is 101 cm³/mol. The van der Waals surface area contributed by atoms with Crippen LogP contribution in [0.3, 0.4) is 0 Å². The second kappa shape index (κ2) is 7.16. The number of aryl methyl sites for hydroxylation is 2. The van der Waals surface area contributed by atoms with Gasteiger partial charge in [-0.2, -0.15) is 0 Å². The minimum atomic E-state index is 0.0961. The highest BCUT2D eigenvalue weighted by Gasteiger charge is 2.37. The van der Waals surface area contributed by atoms with E-state index < -0.39 is 0 Å². The fourth-order valence-corrected chi connectivity index (χ4v) is 4.35. The second-order valence-electron chi connectivity index (χ2n) is 7.65. The number of hydrogen-bond donors (Lipinski definition) is 0. The summed E-state index contributed by atoms with van der Waals surface area (Å²) < 4.78 is 0. The van der Waals surface area contributed by atoms with Gasteiger partial charge in [-0.15, -0.1) is 0 Å². The number of carbonyl (C=O) groups excluding carboxylic acids is 1. The van der Waals surface area contributed by atoms with Crippen molar-refractivity contribution >= 4 is 5.91 Å². The van der Waals surface area contributed by atoms with Gasteiger partial charge in [0.25, 0.3) is 5.91 Å². The van der Waals surface area contributed by atoms with E-state index in [2.05, 4.69) is 50.1 Å². The van der Waals surface area contributed by atoms with Gasteiger partial charge in [-0.25, -0.2) is 9.97 Å². The molecule has 3 aliphatic heterocycles. The number of aromatic nitrogens is 2. The van der Waals surface area contributed by atoms with Gasteiger partial charge in [0.05, 0.1) is 11.3 Å². The number of amides is 1. The first kappa shape index (κ1) is 17.2. The summed E-state index contributed by atoms with van der Waals surface area (Å²) in [5.41, 5.74) is 2.77. The first-order valence-electron chi connectivity index (χ1n) is 9.47. The average Bonchev–Trinajstić information content (AvgIpc) is 2.92. The maximum absolute atomic E-state index is 13.2. The zero-order valence-corrected chi connectivity index (χ0v) is 15.6. The highest BCUT2D eigenvalue weighted by Crippen LogP contribution is 2.30. The molecule has 0 saturated carbocycles. The Labute approximate surface area is 155 Å². The lowest BCUT2D eigenvalue weighted by Gasteiger charge is -2.36. The minimum Gasteiger partial charge on any atom is -0.334 e. The number of benzene rings is 1. The van der Waals surface area contributed by atoms with Crippen LogP contribution in [0, 0.1) is 19.8 Å². The number of carbonyl (C=O) groups is 1. The van der Waals surface area contributed by atoms with Gasteiger partial charge < -0.3 is 4.90 Å². The Kier molecular flexibility index (Phi) is 4.72. The van der Waals surface area contributed by atoms with Crippen molar-refractivity contribution in [3.05, 3.63) is 59.2 Å². The Balaban J connectivity index is 1.52. The van der Waals surface area contributed by atoms with Crippen molar-refractivity contribution in [3.8, 4) is 0 Å². The third-order valence-electron chi connectivity index (χ3n) is 5.63. The van der Waals surface area contributed by atoms with Gasteiger partial charge in [-0.3, -0.25) is 9.69 Å². The van der Waals surface area contributed by atoms with E-state index in [-0.39, 0.29) is 11.9 Å². The normalized spacial score (nSPS) is 23.1. The van der Waals surface area contributed by atoms with E-state index in [1.165, 1.54) is 12.0 Å². The van der Waals surface area contributed by atoms with Crippen LogP contribution in [-0.2, 0) is 6.54 Å². The number of rotatable bonds is 3. The third kappa shape index (κ3) is 3.49. The molecule has 0 N–H and O–H groups in total. The molecule has 0 spiro atoms. The first-order chi connectivity index (χ1) is 12.6.